The molecule has 150 valence electrons. The fraction of sp³-hybridized carbons (Fsp3) is 0.667. The van der Waals surface area contributed by atoms with Crippen LogP contribution in [0.15, 0.2) is 18.2 Å². The fourth-order valence-corrected chi connectivity index (χ4v) is 4.70. The first-order valence-corrected chi connectivity index (χ1v) is 10.9. The summed E-state index contributed by atoms with van der Waals surface area (Å²) >= 11 is 12.1. The minimum absolute atomic E-state index is 0.0878. The molecular weight excluding hydrogens is 383 g/mol. The van der Waals surface area contributed by atoms with Gasteiger partial charge >= 0.3 is 0 Å². The Morgan fingerprint density at radius 3 is 2.70 bits per heavy atom. The SMILES string of the molecule is CC(CCC(=O)NC1CCCCC1N1CCCC1)Oc1ccc(Cl)cc1Cl. The Kier molecular flexibility index (Phi) is 7.68. The number of hydrogen-bond acceptors (Lipinski definition) is 3. The lowest BCUT2D eigenvalue weighted by Gasteiger charge is -2.38. The monoisotopic (exact) mass is 412 g/mol. The summed E-state index contributed by atoms with van der Waals surface area (Å²) in [5.41, 5.74) is 0. The summed E-state index contributed by atoms with van der Waals surface area (Å²) < 4.78 is 5.86. The minimum atomic E-state index is -0.0878. The molecule has 1 heterocycles. The highest BCUT2D eigenvalue weighted by Crippen LogP contribution is 2.29. The van der Waals surface area contributed by atoms with E-state index in [9.17, 15) is 4.79 Å². The normalized spacial score (nSPS) is 24.6. The quantitative estimate of drug-likeness (QED) is 0.679. The van der Waals surface area contributed by atoms with Gasteiger partial charge in [-0.2, -0.15) is 0 Å². The van der Waals surface area contributed by atoms with Crippen molar-refractivity contribution < 1.29 is 9.53 Å². The van der Waals surface area contributed by atoms with Crippen LogP contribution in [0.3, 0.4) is 0 Å². The van der Waals surface area contributed by atoms with Crippen molar-refractivity contribution in [1.29, 1.82) is 0 Å². The first-order chi connectivity index (χ1) is 13.0. The number of nitrogens with zero attached hydrogens (tertiary/aromatic N) is 1. The fourth-order valence-electron chi connectivity index (χ4n) is 4.25. The summed E-state index contributed by atoms with van der Waals surface area (Å²) in [5.74, 6) is 0.735. The number of benzene rings is 1. The van der Waals surface area contributed by atoms with Crippen LogP contribution in [-0.4, -0.2) is 42.1 Å². The molecule has 3 atom stereocenters. The molecule has 27 heavy (non-hydrogen) atoms. The van der Waals surface area contributed by atoms with Gasteiger partial charge in [0.2, 0.25) is 5.91 Å². The lowest BCUT2D eigenvalue weighted by Crippen LogP contribution is -2.52. The second-order valence-electron chi connectivity index (χ2n) is 7.81. The Morgan fingerprint density at radius 2 is 1.96 bits per heavy atom. The molecule has 1 aliphatic heterocycles. The van der Waals surface area contributed by atoms with Crippen molar-refractivity contribution in [2.75, 3.05) is 13.1 Å². The van der Waals surface area contributed by atoms with Gasteiger partial charge in [-0.3, -0.25) is 9.69 Å². The molecule has 0 spiro atoms. The van der Waals surface area contributed by atoms with E-state index in [1.165, 1.54) is 45.2 Å². The summed E-state index contributed by atoms with van der Waals surface area (Å²) in [6.07, 6.45) is 8.42. The number of carbonyl (C=O) groups excluding carboxylic acids is 1. The number of ether oxygens (including phenoxy) is 1. The zero-order valence-corrected chi connectivity index (χ0v) is 17.6. The minimum Gasteiger partial charge on any atom is -0.489 e. The lowest BCUT2D eigenvalue weighted by molar-refractivity contribution is -0.123. The maximum absolute atomic E-state index is 12.5. The highest BCUT2D eigenvalue weighted by atomic mass is 35.5. The van der Waals surface area contributed by atoms with Crippen LogP contribution in [-0.2, 0) is 4.79 Å². The molecule has 1 aromatic rings. The van der Waals surface area contributed by atoms with Gasteiger partial charge in [0, 0.05) is 23.5 Å². The Labute approximate surface area is 172 Å². The van der Waals surface area contributed by atoms with Crippen molar-refractivity contribution in [3.05, 3.63) is 28.2 Å². The summed E-state index contributed by atoms with van der Waals surface area (Å²) in [6.45, 7) is 4.33. The molecule has 1 aromatic carbocycles. The average molecular weight is 413 g/mol. The van der Waals surface area contributed by atoms with E-state index in [-0.39, 0.29) is 12.0 Å². The predicted molar refractivity (Wildman–Crippen MR) is 111 cm³/mol. The third-order valence-corrected chi connectivity index (χ3v) is 6.22. The van der Waals surface area contributed by atoms with E-state index in [1.807, 2.05) is 6.92 Å². The van der Waals surface area contributed by atoms with Crippen LogP contribution in [0.4, 0.5) is 0 Å². The van der Waals surface area contributed by atoms with Crippen molar-refractivity contribution >= 4 is 29.1 Å². The smallest absolute Gasteiger partial charge is 0.220 e. The Morgan fingerprint density at radius 1 is 1.22 bits per heavy atom. The second kappa shape index (κ2) is 9.99. The number of carbonyl (C=O) groups is 1. The predicted octanol–water partition coefficient (Wildman–Crippen LogP) is 5.06. The van der Waals surface area contributed by atoms with Gasteiger partial charge < -0.3 is 10.1 Å². The third-order valence-electron chi connectivity index (χ3n) is 5.69. The maximum Gasteiger partial charge on any atom is 0.220 e. The Hall–Kier alpha value is -0.970. The summed E-state index contributed by atoms with van der Waals surface area (Å²) in [4.78, 5) is 15.1. The number of halogens is 2. The highest BCUT2D eigenvalue weighted by Gasteiger charge is 2.32. The van der Waals surface area contributed by atoms with Gasteiger partial charge in [-0.05, 0) is 70.3 Å². The largest absolute Gasteiger partial charge is 0.489 e. The standard InChI is InChI=1S/C21H30Cl2N2O2/c1-15(27-20-10-9-16(22)14-17(20)23)8-11-21(26)24-18-6-2-3-7-19(18)25-12-4-5-13-25/h9-10,14-15,18-19H,2-8,11-13H2,1H3,(H,24,26). The van der Waals surface area contributed by atoms with Gasteiger partial charge in [0.15, 0.2) is 0 Å². The summed E-state index contributed by atoms with van der Waals surface area (Å²) in [6, 6.07) is 6.01. The molecule has 0 bridgehead atoms. The van der Waals surface area contributed by atoms with Crippen LogP contribution < -0.4 is 10.1 Å². The van der Waals surface area contributed by atoms with Crippen molar-refractivity contribution in [2.45, 2.75) is 76.5 Å². The van der Waals surface area contributed by atoms with Crippen molar-refractivity contribution in [3.63, 3.8) is 0 Å². The number of likely N-dealkylation sites (tertiary alicyclic amines) is 1. The van der Waals surface area contributed by atoms with Gasteiger partial charge in [0.25, 0.3) is 0 Å². The van der Waals surface area contributed by atoms with Crippen LogP contribution in [0, 0.1) is 0 Å². The first kappa shape index (κ1) is 20.8. The first-order valence-electron chi connectivity index (χ1n) is 10.2. The van der Waals surface area contributed by atoms with E-state index < -0.39 is 0 Å². The Bertz CT molecular complexity index is 635. The van der Waals surface area contributed by atoms with Crippen molar-refractivity contribution in [1.82, 2.24) is 10.2 Å². The second-order valence-corrected chi connectivity index (χ2v) is 8.65. The number of rotatable bonds is 7. The lowest BCUT2D eigenvalue weighted by atomic mass is 9.89. The van der Waals surface area contributed by atoms with E-state index in [0.717, 1.165) is 6.42 Å². The zero-order valence-electron chi connectivity index (χ0n) is 16.1. The molecule has 3 rings (SSSR count). The number of amides is 1. The van der Waals surface area contributed by atoms with E-state index in [4.69, 9.17) is 27.9 Å². The van der Waals surface area contributed by atoms with Crippen LogP contribution >= 0.6 is 23.2 Å². The molecule has 3 unspecified atom stereocenters. The summed E-state index contributed by atoms with van der Waals surface area (Å²) in [7, 11) is 0. The molecule has 2 aliphatic rings. The van der Waals surface area contributed by atoms with Crippen LogP contribution in [0.2, 0.25) is 10.0 Å². The van der Waals surface area contributed by atoms with E-state index >= 15 is 0 Å². The Balaban J connectivity index is 1.45. The maximum atomic E-state index is 12.5. The summed E-state index contributed by atoms with van der Waals surface area (Å²) in [5, 5.41) is 4.38. The van der Waals surface area contributed by atoms with E-state index in [2.05, 4.69) is 10.2 Å². The molecule has 1 N–H and O–H groups in total. The number of nitrogens with one attached hydrogen (secondary N) is 1. The van der Waals surface area contributed by atoms with Crippen LogP contribution in [0.5, 0.6) is 5.75 Å². The van der Waals surface area contributed by atoms with Gasteiger partial charge in [-0.15, -0.1) is 0 Å². The topological polar surface area (TPSA) is 41.6 Å². The third kappa shape index (κ3) is 6.00. The van der Waals surface area contributed by atoms with Gasteiger partial charge in [0.05, 0.1) is 11.1 Å². The van der Waals surface area contributed by atoms with Crippen LogP contribution in [0.1, 0.15) is 58.3 Å². The van der Waals surface area contributed by atoms with Gasteiger partial charge in [-0.25, -0.2) is 0 Å². The molecule has 2 fully saturated rings. The molecule has 0 radical (unpaired) electrons. The molecule has 4 nitrogen and oxygen atoms in total. The molecule has 6 heteroatoms. The van der Waals surface area contributed by atoms with Crippen molar-refractivity contribution in [3.8, 4) is 5.75 Å². The molecular formula is C21H30Cl2N2O2. The molecule has 0 aromatic heterocycles. The molecule has 1 amide bonds. The zero-order chi connectivity index (χ0) is 19.2. The highest BCUT2D eigenvalue weighted by molar-refractivity contribution is 6.35. The number of hydrogen-bond donors (Lipinski definition) is 1. The molecule has 1 saturated carbocycles. The molecule has 1 saturated heterocycles. The van der Waals surface area contributed by atoms with Gasteiger partial charge in [0.1, 0.15) is 5.75 Å². The van der Waals surface area contributed by atoms with E-state index in [1.54, 1.807) is 18.2 Å². The van der Waals surface area contributed by atoms with E-state index in [0.29, 0.717) is 40.7 Å². The average Bonchev–Trinajstić information content (AvgIpc) is 3.17. The molecule has 1 aliphatic carbocycles. The van der Waals surface area contributed by atoms with Crippen molar-refractivity contribution in [2.24, 2.45) is 0 Å². The van der Waals surface area contributed by atoms with Gasteiger partial charge in [-0.1, -0.05) is 36.0 Å². The van der Waals surface area contributed by atoms with Crippen LogP contribution in [0.25, 0.3) is 0 Å².